The van der Waals surface area contributed by atoms with Crippen LogP contribution in [-0.4, -0.2) is 33.0 Å². The molecule has 2 N–H and O–H groups in total. The van der Waals surface area contributed by atoms with E-state index in [0.29, 0.717) is 11.1 Å². The van der Waals surface area contributed by atoms with Crippen molar-refractivity contribution >= 4 is 11.8 Å². The van der Waals surface area contributed by atoms with Crippen molar-refractivity contribution in [2.75, 3.05) is 0 Å². The van der Waals surface area contributed by atoms with E-state index in [2.05, 4.69) is 0 Å². The van der Waals surface area contributed by atoms with Crippen LogP contribution in [-0.2, 0) is 9.59 Å². The minimum absolute atomic E-state index is 0.0550. The molecule has 2 fully saturated rings. The Hall–Kier alpha value is -2.82. The third-order valence-electron chi connectivity index (χ3n) is 6.04. The van der Waals surface area contributed by atoms with Crippen molar-refractivity contribution in [1.29, 1.82) is 0 Å². The van der Waals surface area contributed by atoms with Crippen molar-refractivity contribution in [1.82, 2.24) is 4.90 Å². The molecule has 1 aliphatic heterocycles. The van der Waals surface area contributed by atoms with Crippen LogP contribution in [0.2, 0.25) is 0 Å². The second kappa shape index (κ2) is 11.5. The van der Waals surface area contributed by atoms with Crippen molar-refractivity contribution in [2.24, 2.45) is 11.8 Å². The summed E-state index contributed by atoms with van der Waals surface area (Å²) in [5, 5.41) is 19.2. The molecular weight excluding hydrogens is 390 g/mol. The van der Waals surface area contributed by atoms with Crippen molar-refractivity contribution < 1.29 is 19.8 Å². The number of carbonyl (C=O) groups is 2. The number of phenols is 2. The van der Waals surface area contributed by atoms with Gasteiger partial charge in [0, 0.05) is 29.0 Å². The molecule has 1 saturated carbocycles. The maximum atomic E-state index is 11.9. The van der Waals surface area contributed by atoms with Crippen LogP contribution in [0.1, 0.15) is 59.8 Å². The predicted molar refractivity (Wildman–Crippen MR) is 124 cm³/mol. The molecule has 5 heteroatoms. The van der Waals surface area contributed by atoms with Gasteiger partial charge >= 0.3 is 0 Å². The Labute approximate surface area is 185 Å². The average molecular weight is 426 g/mol. The number of hydrogen-bond acceptors (Lipinski definition) is 4. The molecule has 1 aliphatic carbocycles. The number of para-hydroxylation sites is 2. The van der Waals surface area contributed by atoms with Gasteiger partial charge in [0.05, 0.1) is 0 Å². The molecule has 5 nitrogen and oxygen atoms in total. The summed E-state index contributed by atoms with van der Waals surface area (Å²) in [7, 11) is 0. The first-order chi connectivity index (χ1) is 14.9. The summed E-state index contributed by atoms with van der Waals surface area (Å²) in [6, 6.07) is 14.1. The molecule has 168 valence electrons. The molecule has 0 aromatic heterocycles. The Balaban J connectivity index is 0.000000204. The smallest absolute Gasteiger partial charge is 0.233 e. The highest BCUT2D eigenvalue weighted by Gasteiger charge is 2.45. The first-order valence-electron chi connectivity index (χ1n) is 11.3. The Morgan fingerprint density at radius 2 is 1.10 bits per heavy atom. The van der Waals surface area contributed by atoms with Crippen LogP contribution >= 0.6 is 0 Å². The number of carbonyl (C=O) groups excluding carboxylic acids is 2. The standard InChI is InChI=1S/C12H19NO2.C12H10O2.C2H6/c1-8-9(2)12(15)13(11(8)14)10-6-4-3-5-7-10;13-11-7-3-1-5-9(11)10-6-2-4-8-12(10)14;1-2/h8-10H,3-7H2,1-2H3;1-8,13-14H;1-2H3. The summed E-state index contributed by atoms with van der Waals surface area (Å²) in [6.45, 7) is 7.74. The molecule has 2 aliphatic rings. The molecule has 0 spiro atoms. The number of aromatic hydroxyl groups is 2. The summed E-state index contributed by atoms with van der Waals surface area (Å²) < 4.78 is 0. The van der Waals surface area contributed by atoms with E-state index in [1.54, 1.807) is 41.3 Å². The number of likely N-dealkylation sites (tertiary alicyclic amines) is 1. The Kier molecular flexibility index (Phi) is 9.10. The fourth-order valence-corrected chi connectivity index (χ4v) is 4.08. The second-order valence-corrected chi connectivity index (χ2v) is 7.95. The molecule has 2 aromatic rings. The van der Waals surface area contributed by atoms with Gasteiger partial charge in [0.1, 0.15) is 11.5 Å². The molecule has 1 heterocycles. The van der Waals surface area contributed by atoms with Crippen LogP contribution in [0.3, 0.4) is 0 Å². The highest BCUT2D eigenvalue weighted by molar-refractivity contribution is 6.05. The lowest BCUT2D eigenvalue weighted by atomic mass is 9.94. The highest BCUT2D eigenvalue weighted by atomic mass is 16.3. The van der Waals surface area contributed by atoms with Crippen LogP contribution < -0.4 is 0 Å². The molecule has 31 heavy (non-hydrogen) atoms. The first-order valence-corrected chi connectivity index (χ1v) is 11.3. The lowest BCUT2D eigenvalue weighted by Crippen LogP contribution is -2.41. The van der Waals surface area contributed by atoms with E-state index in [9.17, 15) is 19.8 Å². The van der Waals surface area contributed by atoms with E-state index in [1.165, 1.54) is 6.42 Å². The maximum Gasteiger partial charge on any atom is 0.233 e. The minimum atomic E-state index is -0.112. The molecule has 2 atom stereocenters. The van der Waals surface area contributed by atoms with Crippen LogP contribution in [0, 0.1) is 11.8 Å². The lowest BCUT2D eigenvalue weighted by Gasteiger charge is -2.29. The zero-order valence-corrected chi connectivity index (χ0v) is 19.0. The van der Waals surface area contributed by atoms with E-state index in [4.69, 9.17) is 0 Å². The molecule has 1 saturated heterocycles. The third-order valence-corrected chi connectivity index (χ3v) is 6.04. The molecule has 0 radical (unpaired) electrons. The molecular formula is C26H35NO4. The van der Waals surface area contributed by atoms with Crippen molar-refractivity contribution in [2.45, 2.75) is 65.8 Å². The summed E-state index contributed by atoms with van der Waals surface area (Å²) in [4.78, 5) is 25.4. The topological polar surface area (TPSA) is 77.8 Å². The quantitative estimate of drug-likeness (QED) is 0.601. The molecule has 0 bridgehead atoms. The summed E-state index contributed by atoms with van der Waals surface area (Å²) in [5.41, 5.74) is 1.29. The average Bonchev–Trinajstić information content (AvgIpc) is 3.00. The second-order valence-electron chi connectivity index (χ2n) is 7.95. The van der Waals surface area contributed by atoms with Gasteiger partial charge in [0.2, 0.25) is 11.8 Å². The van der Waals surface area contributed by atoms with Crippen LogP contribution in [0.5, 0.6) is 11.5 Å². The van der Waals surface area contributed by atoms with Gasteiger partial charge in [0.25, 0.3) is 0 Å². The molecule has 2 aromatic carbocycles. The summed E-state index contributed by atoms with van der Waals surface area (Å²) >= 11 is 0. The number of rotatable bonds is 2. The highest BCUT2D eigenvalue weighted by Crippen LogP contribution is 2.34. The number of imide groups is 1. The number of hydrogen-bond donors (Lipinski definition) is 2. The van der Waals surface area contributed by atoms with Crippen molar-refractivity contribution in [3.8, 4) is 22.6 Å². The van der Waals surface area contributed by atoms with E-state index in [1.807, 2.05) is 39.8 Å². The monoisotopic (exact) mass is 425 g/mol. The van der Waals surface area contributed by atoms with E-state index >= 15 is 0 Å². The van der Waals surface area contributed by atoms with Gasteiger partial charge in [-0.1, -0.05) is 83.4 Å². The van der Waals surface area contributed by atoms with Gasteiger partial charge in [-0.15, -0.1) is 0 Å². The number of amides is 2. The van der Waals surface area contributed by atoms with Crippen molar-refractivity contribution in [3.05, 3.63) is 48.5 Å². The largest absolute Gasteiger partial charge is 0.507 e. The summed E-state index contributed by atoms with van der Waals surface area (Å²) in [6.07, 6.45) is 5.58. The Morgan fingerprint density at radius 1 is 0.710 bits per heavy atom. The number of benzene rings is 2. The van der Waals surface area contributed by atoms with Crippen LogP contribution in [0.4, 0.5) is 0 Å². The Bertz CT molecular complexity index is 810. The first kappa shape index (κ1) is 24.4. The van der Waals surface area contributed by atoms with Gasteiger partial charge < -0.3 is 10.2 Å². The van der Waals surface area contributed by atoms with E-state index < -0.39 is 0 Å². The van der Waals surface area contributed by atoms with E-state index in [0.717, 1.165) is 25.7 Å². The fourth-order valence-electron chi connectivity index (χ4n) is 4.08. The zero-order chi connectivity index (χ0) is 23.0. The number of nitrogens with zero attached hydrogens (tertiary/aromatic N) is 1. The van der Waals surface area contributed by atoms with Gasteiger partial charge in [-0.3, -0.25) is 14.5 Å². The number of phenolic OH excluding ortho intramolecular Hbond substituents is 2. The van der Waals surface area contributed by atoms with Crippen molar-refractivity contribution in [3.63, 3.8) is 0 Å². The van der Waals surface area contributed by atoms with Gasteiger partial charge in [-0.25, -0.2) is 0 Å². The SMILES string of the molecule is CC.CC1C(=O)N(C2CCCCC2)C(=O)C1C.Oc1ccccc1-c1ccccc1O. The predicted octanol–water partition coefficient (Wildman–Crippen LogP) is 5.75. The summed E-state index contributed by atoms with van der Waals surface area (Å²) in [5.74, 6) is 0.237. The zero-order valence-electron chi connectivity index (χ0n) is 19.0. The lowest BCUT2D eigenvalue weighted by molar-refractivity contribution is -0.143. The fraction of sp³-hybridized carbons (Fsp3) is 0.462. The third kappa shape index (κ3) is 5.66. The van der Waals surface area contributed by atoms with E-state index in [-0.39, 0.29) is 41.2 Å². The maximum absolute atomic E-state index is 11.9. The molecule has 2 amide bonds. The molecule has 4 rings (SSSR count). The van der Waals surface area contributed by atoms with Gasteiger partial charge in [0.15, 0.2) is 0 Å². The minimum Gasteiger partial charge on any atom is -0.507 e. The normalized spacial score (nSPS) is 21.1. The van der Waals surface area contributed by atoms with Crippen LogP contribution in [0.25, 0.3) is 11.1 Å². The van der Waals surface area contributed by atoms with Crippen LogP contribution in [0.15, 0.2) is 48.5 Å². The van der Waals surface area contributed by atoms with Gasteiger partial charge in [-0.05, 0) is 25.0 Å². The Morgan fingerprint density at radius 3 is 1.48 bits per heavy atom. The molecule has 2 unspecified atom stereocenters. The van der Waals surface area contributed by atoms with Gasteiger partial charge in [-0.2, -0.15) is 0 Å².